The first kappa shape index (κ1) is 17.0. The largest absolute Gasteiger partial charge is 0.325 e. The number of hydrogen-bond donors (Lipinski definition) is 2. The molecule has 0 saturated carbocycles. The lowest BCUT2D eigenvalue weighted by molar-refractivity contribution is -0.115. The number of halogens is 1. The van der Waals surface area contributed by atoms with E-state index in [0.29, 0.717) is 11.4 Å². The number of carbonyl (C=O) groups excluding carboxylic acids is 1. The van der Waals surface area contributed by atoms with Crippen LogP contribution < -0.4 is 10.6 Å². The van der Waals surface area contributed by atoms with Crippen LogP contribution in [0.2, 0.25) is 5.02 Å². The third-order valence-electron chi connectivity index (χ3n) is 3.46. The van der Waals surface area contributed by atoms with Crippen molar-refractivity contribution in [3.63, 3.8) is 0 Å². The van der Waals surface area contributed by atoms with E-state index in [9.17, 15) is 4.79 Å². The highest BCUT2D eigenvalue weighted by atomic mass is 35.5. The van der Waals surface area contributed by atoms with E-state index in [1.54, 1.807) is 12.1 Å². The molecule has 2 rings (SSSR count). The molecular weight excluding hydrogens is 310 g/mol. The van der Waals surface area contributed by atoms with Crippen LogP contribution in [0.25, 0.3) is 0 Å². The van der Waals surface area contributed by atoms with E-state index >= 15 is 0 Å². The first-order chi connectivity index (χ1) is 11.1. The van der Waals surface area contributed by atoms with E-state index in [4.69, 9.17) is 16.9 Å². The SMILES string of the molecule is C[C@H](NCC(=O)Nc1ccc(CC#N)cc1)c1ccc(Cl)cc1. The van der Waals surface area contributed by atoms with Crippen LogP contribution in [0, 0.1) is 11.3 Å². The molecule has 0 fully saturated rings. The second kappa shape index (κ2) is 8.33. The molecule has 2 N–H and O–H groups in total. The predicted molar refractivity (Wildman–Crippen MR) is 92.3 cm³/mol. The van der Waals surface area contributed by atoms with Crippen molar-refractivity contribution >= 4 is 23.2 Å². The number of nitrogens with zero attached hydrogens (tertiary/aromatic N) is 1. The first-order valence-electron chi connectivity index (χ1n) is 7.33. The monoisotopic (exact) mass is 327 g/mol. The van der Waals surface area contributed by atoms with Crippen LogP contribution in [0.5, 0.6) is 0 Å². The minimum Gasteiger partial charge on any atom is -0.325 e. The Morgan fingerprint density at radius 1 is 1.17 bits per heavy atom. The summed E-state index contributed by atoms with van der Waals surface area (Å²) in [7, 11) is 0. The third-order valence-corrected chi connectivity index (χ3v) is 3.71. The molecule has 0 radical (unpaired) electrons. The average molecular weight is 328 g/mol. The Balaban J connectivity index is 1.82. The maximum atomic E-state index is 12.0. The minimum absolute atomic E-state index is 0.0519. The van der Waals surface area contributed by atoms with Gasteiger partial charge < -0.3 is 10.6 Å². The van der Waals surface area contributed by atoms with Crippen LogP contribution in [-0.4, -0.2) is 12.5 Å². The molecule has 1 amide bonds. The van der Waals surface area contributed by atoms with Gasteiger partial charge in [-0.25, -0.2) is 0 Å². The molecule has 23 heavy (non-hydrogen) atoms. The van der Waals surface area contributed by atoms with Crippen molar-refractivity contribution in [2.45, 2.75) is 19.4 Å². The van der Waals surface area contributed by atoms with Crippen molar-refractivity contribution < 1.29 is 4.79 Å². The van der Waals surface area contributed by atoms with Gasteiger partial charge in [-0.1, -0.05) is 35.9 Å². The van der Waals surface area contributed by atoms with Gasteiger partial charge in [-0.15, -0.1) is 0 Å². The highest BCUT2D eigenvalue weighted by molar-refractivity contribution is 6.30. The molecule has 1 atom stereocenters. The van der Waals surface area contributed by atoms with E-state index in [0.717, 1.165) is 16.8 Å². The summed E-state index contributed by atoms with van der Waals surface area (Å²) in [6.45, 7) is 2.21. The highest BCUT2D eigenvalue weighted by Gasteiger charge is 2.08. The van der Waals surface area contributed by atoms with Crippen molar-refractivity contribution in [3.05, 3.63) is 64.7 Å². The lowest BCUT2D eigenvalue weighted by Crippen LogP contribution is -2.30. The number of carbonyl (C=O) groups is 1. The molecule has 2 aromatic rings. The number of amides is 1. The third kappa shape index (κ3) is 5.41. The topological polar surface area (TPSA) is 64.9 Å². The number of hydrogen-bond acceptors (Lipinski definition) is 3. The summed E-state index contributed by atoms with van der Waals surface area (Å²) in [5, 5.41) is 15.3. The van der Waals surface area contributed by atoms with E-state index in [1.807, 2.05) is 43.3 Å². The van der Waals surface area contributed by atoms with E-state index in [-0.39, 0.29) is 18.5 Å². The Bertz CT molecular complexity index is 690. The summed E-state index contributed by atoms with van der Waals surface area (Å²) in [4.78, 5) is 12.0. The standard InChI is InChI=1S/C18H18ClN3O/c1-13(15-4-6-16(19)7-5-15)21-12-18(23)22-17-8-2-14(3-9-17)10-11-20/h2-9,13,21H,10,12H2,1H3,(H,22,23)/t13-/m0/s1. The zero-order valence-corrected chi connectivity index (χ0v) is 13.6. The molecule has 0 spiro atoms. The maximum Gasteiger partial charge on any atom is 0.238 e. The fourth-order valence-electron chi connectivity index (χ4n) is 2.12. The van der Waals surface area contributed by atoms with Gasteiger partial charge in [0, 0.05) is 16.8 Å². The molecule has 0 aromatic heterocycles. The van der Waals surface area contributed by atoms with Crippen molar-refractivity contribution in [2.24, 2.45) is 0 Å². The fraction of sp³-hybridized carbons (Fsp3) is 0.222. The van der Waals surface area contributed by atoms with Gasteiger partial charge in [0.05, 0.1) is 19.0 Å². The average Bonchev–Trinajstić information content (AvgIpc) is 2.55. The van der Waals surface area contributed by atoms with Crippen LogP contribution in [0.1, 0.15) is 24.1 Å². The van der Waals surface area contributed by atoms with Crippen LogP contribution >= 0.6 is 11.6 Å². The van der Waals surface area contributed by atoms with Crippen LogP contribution in [0.15, 0.2) is 48.5 Å². The summed E-state index contributed by atoms with van der Waals surface area (Å²) in [5.74, 6) is -0.112. The molecule has 0 aliphatic carbocycles. The fourth-order valence-corrected chi connectivity index (χ4v) is 2.24. The van der Waals surface area contributed by atoms with E-state index < -0.39 is 0 Å². The number of nitrogens with one attached hydrogen (secondary N) is 2. The van der Waals surface area contributed by atoms with Gasteiger partial charge >= 0.3 is 0 Å². The summed E-state index contributed by atoms with van der Waals surface area (Å²) in [6.07, 6.45) is 0.369. The van der Waals surface area contributed by atoms with Gasteiger partial charge in [0.15, 0.2) is 0 Å². The summed E-state index contributed by atoms with van der Waals surface area (Å²) >= 11 is 5.86. The molecule has 0 aliphatic rings. The molecule has 2 aromatic carbocycles. The van der Waals surface area contributed by atoms with Gasteiger partial charge in [0.2, 0.25) is 5.91 Å². The Morgan fingerprint density at radius 2 is 1.83 bits per heavy atom. The van der Waals surface area contributed by atoms with Gasteiger partial charge in [0.25, 0.3) is 0 Å². The van der Waals surface area contributed by atoms with Crippen molar-refractivity contribution in [1.29, 1.82) is 5.26 Å². The lowest BCUT2D eigenvalue weighted by Gasteiger charge is -2.14. The zero-order valence-electron chi connectivity index (χ0n) is 12.8. The molecule has 0 heterocycles. The number of benzene rings is 2. The van der Waals surface area contributed by atoms with Gasteiger partial charge in [0.1, 0.15) is 0 Å². The van der Waals surface area contributed by atoms with Gasteiger partial charge in [-0.2, -0.15) is 5.26 Å². The summed E-state index contributed by atoms with van der Waals surface area (Å²) in [5.41, 5.74) is 2.72. The second-order valence-corrected chi connectivity index (χ2v) is 5.67. The van der Waals surface area contributed by atoms with Crippen molar-refractivity contribution in [1.82, 2.24) is 5.32 Å². The lowest BCUT2D eigenvalue weighted by atomic mass is 10.1. The first-order valence-corrected chi connectivity index (χ1v) is 7.71. The molecule has 5 heteroatoms. The molecule has 0 unspecified atom stereocenters. The van der Waals surface area contributed by atoms with Crippen LogP contribution in [0.3, 0.4) is 0 Å². The van der Waals surface area contributed by atoms with E-state index in [1.165, 1.54) is 0 Å². The van der Waals surface area contributed by atoms with Crippen molar-refractivity contribution in [2.75, 3.05) is 11.9 Å². The number of anilines is 1. The number of rotatable bonds is 6. The van der Waals surface area contributed by atoms with Crippen LogP contribution in [-0.2, 0) is 11.2 Å². The number of nitriles is 1. The molecule has 0 bridgehead atoms. The van der Waals surface area contributed by atoms with E-state index in [2.05, 4.69) is 16.7 Å². The Kier molecular flexibility index (Phi) is 6.16. The summed E-state index contributed by atoms with van der Waals surface area (Å²) < 4.78 is 0. The quantitative estimate of drug-likeness (QED) is 0.850. The molecule has 118 valence electrons. The van der Waals surface area contributed by atoms with Crippen molar-refractivity contribution in [3.8, 4) is 6.07 Å². The predicted octanol–water partition coefficient (Wildman–Crippen LogP) is 3.70. The molecule has 0 saturated heterocycles. The molecule has 0 aliphatic heterocycles. The smallest absolute Gasteiger partial charge is 0.238 e. The Hall–Kier alpha value is -2.35. The Morgan fingerprint density at radius 3 is 2.43 bits per heavy atom. The highest BCUT2D eigenvalue weighted by Crippen LogP contribution is 2.16. The minimum atomic E-state index is -0.112. The van der Waals surface area contributed by atoms with Gasteiger partial charge in [-0.05, 0) is 42.3 Å². The summed E-state index contributed by atoms with van der Waals surface area (Å²) in [6, 6.07) is 16.9. The Labute approximate surface area is 141 Å². The molecular formula is C18H18ClN3O. The maximum absolute atomic E-state index is 12.0. The molecule has 4 nitrogen and oxygen atoms in total. The van der Waals surface area contributed by atoms with Crippen LogP contribution in [0.4, 0.5) is 5.69 Å². The second-order valence-electron chi connectivity index (χ2n) is 5.23. The zero-order chi connectivity index (χ0) is 16.7. The van der Waals surface area contributed by atoms with Gasteiger partial charge in [-0.3, -0.25) is 4.79 Å². The normalized spacial score (nSPS) is 11.5.